The Morgan fingerprint density at radius 2 is 1.88 bits per heavy atom. The number of ether oxygens (including phenoxy) is 3. The first-order valence-corrected chi connectivity index (χ1v) is 7.56. The first-order chi connectivity index (χ1) is 11.6. The third-order valence-corrected chi connectivity index (χ3v) is 3.24. The quantitative estimate of drug-likeness (QED) is 0.738. The van der Waals surface area contributed by atoms with Gasteiger partial charge < -0.3 is 19.5 Å². The van der Waals surface area contributed by atoms with Gasteiger partial charge in [-0.2, -0.15) is 0 Å². The second-order valence-electron chi connectivity index (χ2n) is 4.78. The van der Waals surface area contributed by atoms with Crippen LogP contribution in [0.1, 0.15) is 0 Å². The second kappa shape index (κ2) is 9.10. The van der Waals surface area contributed by atoms with E-state index in [1.165, 1.54) is 12.1 Å². The van der Waals surface area contributed by atoms with Crippen LogP contribution in [-0.2, 0) is 9.53 Å². The zero-order chi connectivity index (χ0) is 17.4. The lowest BCUT2D eigenvalue weighted by molar-refractivity contribution is -0.118. The van der Waals surface area contributed by atoms with E-state index in [1.807, 2.05) is 0 Å². The minimum Gasteiger partial charge on any atom is -0.491 e. The lowest BCUT2D eigenvalue weighted by Gasteiger charge is -2.10. The van der Waals surface area contributed by atoms with E-state index < -0.39 is 5.82 Å². The topological polar surface area (TPSA) is 56.8 Å². The lowest BCUT2D eigenvalue weighted by atomic mass is 10.3. The molecule has 24 heavy (non-hydrogen) atoms. The molecule has 0 spiro atoms. The molecule has 5 nitrogen and oxygen atoms in total. The Hall–Kier alpha value is -2.31. The minimum absolute atomic E-state index is 0.111. The Balaban J connectivity index is 1.81. The summed E-state index contributed by atoms with van der Waals surface area (Å²) in [6.45, 7) is 0.716. The predicted octanol–water partition coefficient (Wildman–Crippen LogP) is 3.52. The van der Waals surface area contributed by atoms with Crippen LogP contribution in [0.2, 0.25) is 5.02 Å². The summed E-state index contributed by atoms with van der Waals surface area (Å²) in [5.74, 6) is 0.0996. The number of halogens is 2. The van der Waals surface area contributed by atoms with E-state index in [2.05, 4.69) is 5.32 Å². The van der Waals surface area contributed by atoms with Crippen molar-refractivity contribution in [3.63, 3.8) is 0 Å². The van der Waals surface area contributed by atoms with Crippen LogP contribution in [0.15, 0.2) is 42.5 Å². The van der Waals surface area contributed by atoms with Gasteiger partial charge in [-0.05, 0) is 42.5 Å². The molecule has 2 rings (SSSR count). The molecule has 1 N–H and O–H groups in total. The van der Waals surface area contributed by atoms with Gasteiger partial charge in [-0.1, -0.05) is 11.6 Å². The maximum Gasteiger partial charge on any atom is 0.262 e. The smallest absolute Gasteiger partial charge is 0.262 e. The summed E-state index contributed by atoms with van der Waals surface area (Å²) in [5.41, 5.74) is 0.605. The van der Waals surface area contributed by atoms with Crippen molar-refractivity contribution >= 4 is 23.2 Å². The van der Waals surface area contributed by atoms with E-state index >= 15 is 0 Å². The third kappa shape index (κ3) is 5.72. The molecule has 128 valence electrons. The predicted molar refractivity (Wildman–Crippen MR) is 89.3 cm³/mol. The number of carbonyl (C=O) groups is 1. The lowest BCUT2D eigenvalue weighted by Crippen LogP contribution is -2.20. The van der Waals surface area contributed by atoms with Crippen LogP contribution in [0.4, 0.5) is 10.1 Å². The van der Waals surface area contributed by atoms with E-state index in [4.69, 9.17) is 25.8 Å². The van der Waals surface area contributed by atoms with Crippen LogP contribution in [0.25, 0.3) is 0 Å². The van der Waals surface area contributed by atoms with Crippen molar-refractivity contribution in [3.8, 4) is 11.5 Å². The maximum atomic E-state index is 12.9. The molecule has 0 saturated heterocycles. The molecular formula is C17H17ClFNO4. The van der Waals surface area contributed by atoms with Crippen LogP contribution in [0.3, 0.4) is 0 Å². The number of methoxy groups -OCH3 is 1. The van der Waals surface area contributed by atoms with Crippen molar-refractivity contribution in [2.45, 2.75) is 0 Å². The molecule has 2 aromatic rings. The molecular weight excluding hydrogens is 337 g/mol. The van der Waals surface area contributed by atoms with Crippen molar-refractivity contribution in [2.75, 3.05) is 32.2 Å². The Kier molecular flexibility index (Phi) is 6.84. The summed E-state index contributed by atoms with van der Waals surface area (Å²) in [6.07, 6.45) is 0. The summed E-state index contributed by atoms with van der Waals surface area (Å²) < 4.78 is 28.5. The van der Waals surface area contributed by atoms with Crippen LogP contribution < -0.4 is 14.8 Å². The van der Waals surface area contributed by atoms with Gasteiger partial charge in [0.05, 0.1) is 11.6 Å². The molecule has 1 amide bonds. The van der Waals surface area contributed by atoms with Gasteiger partial charge in [-0.15, -0.1) is 0 Å². The third-order valence-electron chi connectivity index (χ3n) is 2.95. The van der Waals surface area contributed by atoms with Gasteiger partial charge in [0.25, 0.3) is 5.91 Å². The highest BCUT2D eigenvalue weighted by molar-refractivity contribution is 6.32. The summed E-state index contributed by atoms with van der Waals surface area (Å²) in [4.78, 5) is 11.9. The Morgan fingerprint density at radius 1 is 1.12 bits per heavy atom. The number of hydrogen-bond donors (Lipinski definition) is 1. The van der Waals surface area contributed by atoms with Crippen LogP contribution in [-0.4, -0.2) is 32.8 Å². The van der Waals surface area contributed by atoms with Gasteiger partial charge in [-0.25, -0.2) is 4.39 Å². The fourth-order valence-electron chi connectivity index (χ4n) is 1.81. The van der Waals surface area contributed by atoms with Crippen LogP contribution in [0, 0.1) is 5.82 Å². The summed E-state index contributed by atoms with van der Waals surface area (Å²) in [6, 6.07) is 10.6. The number of amides is 1. The van der Waals surface area contributed by atoms with Crippen molar-refractivity contribution in [1.82, 2.24) is 0 Å². The highest BCUT2D eigenvalue weighted by Crippen LogP contribution is 2.24. The summed E-state index contributed by atoms with van der Waals surface area (Å²) >= 11 is 5.82. The van der Waals surface area contributed by atoms with E-state index in [0.717, 1.165) is 6.07 Å². The van der Waals surface area contributed by atoms with Gasteiger partial charge in [0.2, 0.25) is 0 Å². The normalized spacial score (nSPS) is 10.3. The second-order valence-corrected chi connectivity index (χ2v) is 5.18. The monoisotopic (exact) mass is 353 g/mol. The van der Waals surface area contributed by atoms with E-state index in [1.54, 1.807) is 31.4 Å². The van der Waals surface area contributed by atoms with E-state index in [-0.39, 0.29) is 23.3 Å². The molecule has 0 aliphatic carbocycles. The number of anilines is 1. The number of carbonyl (C=O) groups excluding carboxylic acids is 1. The van der Waals surface area contributed by atoms with E-state index in [9.17, 15) is 9.18 Å². The van der Waals surface area contributed by atoms with Crippen LogP contribution in [0.5, 0.6) is 11.5 Å². The zero-order valence-electron chi connectivity index (χ0n) is 13.1. The number of hydrogen-bond acceptors (Lipinski definition) is 4. The first kappa shape index (κ1) is 18.0. The molecule has 0 aliphatic heterocycles. The van der Waals surface area contributed by atoms with Crippen LogP contribution >= 0.6 is 11.6 Å². The Morgan fingerprint density at radius 3 is 2.54 bits per heavy atom. The fourth-order valence-corrected chi connectivity index (χ4v) is 2.03. The fraction of sp³-hybridized carbons (Fsp3) is 0.235. The van der Waals surface area contributed by atoms with Crippen molar-refractivity contribution in [3.05, 3.63) is 53.3 Å². The molecule has 0 aliphatic rings. The van der Waals surface area contributed by atoms with Gasteiger partial charge in [0, 0.05) is 12.8 Å². The average Bonchev–Trinajstić information content (AvgIpc) is 2.56. The maximum absolute atomic E-state index is 12.9. The molecule has 0 unspecified atom stereocenters. The van der Waals surface area contributed by atoms with Crippen molar-refractivity contribution < 1.29 is 23.4 Å². The molecule has 7 heteroatoms. The van der Waals surface area contributed by atoms with Crippen molar-refractivity contribution in [1.29, 1.82) is 0 Å². The zero-order valence-corrected chi connectivity index (χ0v) is 13.8. The molecule has 0 atom stereocenters. The number of nitrogens with one attached hydrogen (secondary N) is 1. The molecule has 2 aromatic carbocycles. The standard InChI is InChI=1S/C17H17ClFNO4/c1-22-8-9-23-14-5-3-13(4-6-14)20-17(21)11-24-16-7-2-12(19)10-15(16)18/h2-7,10H,8-9,11H2,1H3,(H,20,21). The minimum atomic E-state index is -0.468. The Labute approximate surface area is 144 Å². The summed E-state index contributed by atoms with van der Waals surface area (Å²) in [5, 5.41) is 2.79. The Bertz CT molecular complexity index is 679. The van der Waals surface area contributed by atoms with Gasteiger partial charge in [0.15, 0.2) is 6.61 Å². The highest BCUT2D eigenvalue weighted by Gasteiger charge is 2.07. The molecule has 0 saturated carbocycles. The SMILES string of the molecule is COCCOc1ccc(NC(=O)COc2ccc(F)cc2Cl)cc1. The highest BCUT2D eigenvalue weighted by atomic mass is 35.5. The molecule has 0 fully saturated rings. The number of rotatable bonds is 8. The molecule has 0 aromatic heterocycles. The molecule has 0 heterocycles. The van der Waals surface area contributed by atoms with Gasteiger partial charge >= 0.3 is 0 Å². The average molecular weight is 354 g/mol. The van der Waals surface area contributed by atoms with Crippen molar-refractivity contribution in [2.24, 2.45) is 0 Å². The molecule has 0 bridgehead atoms. The van der Waals surface area contributed by atoms with Gasteiger partial charge in [0.1, 0.15) is 23.9 Å². The first-order valence-electron chi connectivity index (χ1n) is 7.18. The van der Waals surface area contributed by atoms with Gasteiger partial charge in [-0.3, -0.25) is 4.79 Å². The van der Waals surface area contributed by atoms with E-state index in [0.29, 0.717) is 24.7 Å². The number of benzene rings is 2. The summed E-state index contributed by atoms with van der Waals surface area (Å²) in [7, 11) is 1.60. The molecule has 0 radical (unpaired) electrons. The largest absolute Gasteiger partial charge is 0.491 e.